The summed E-state index contributed by atoms with van der Waals surface area (Å²) in [6, 6.07) is 31.6. The van der Waals surface area contributed by atoms with Crippen LogP contribution in [0.5, 0.6) is 5.88 Å². The Hall–Kier alpha value is -2.66. The van der Waals surface area contributed by atoms with Gasteiger partial charge in [0.05, 0.1) is 5.69 Å². The summed E-state index contributed by atoms with van der Waals surface area (Å²) >= 11 is 2.33. The molecule has 1 atom stereocenters. The maximum atomic E-state index is 6.34. The van der Waals surface area contributed by atoms with Gasteiger partial charge in [-0.3, -0.25) is 0 Å². The van der Waals surface area contributed by atoms with Crippen molar-refractivity contribution in [1.29, 1.82) is 0 Å². The van der Waals surface area contributed by atoms with E-state index in [0.29, 0.717) is 0 Å². The maximum Gasteiger partial charge on any atom is 0.218 e. The first-order chi connectivity index (χ1) is 13.8. The van der Waals surface area contributed by atoms with E-state index in [4.69, 9.17) is 9.72 Å². The first-order valence-corrected chi connectivity index (χ1v) is 10.4. The van der Waals surface area contributed by atoms with Crippen LogP contribution in [0.1, 0.15) is 17.2 Å². The molecule has 28 heavy (non-hydrogen) atoms. The van der Waals surface area contributed by atoms with E-state index >= 15 is 0 Å². The Bertz CT molecular complexity index is 1110. The molecule has 0 aliphatic carbocycles. The van der Waals surface area contributed by atoms with Crippen molar-refractivity contribution >= 4 is 22.6 Å². The van der Waals surface area contributed by atoms with Gasteiger partial charge >= 0.3 is 0 Å². The lowest BCUT2D eigenvalue weighted by Gasteiger charge is -2.11. The van der Waals surface area contributed by atoms with Crippen LogP contribution in [-0.2, 0) is 6.42 Å². The molecule has 3 aromatic carbocycles. The largest absolute Gasteiger partial charge is 0.469 e. The summed E-state index contributed by atoms with van der Waals surface area (Å²) in [7, 11) is 0. The fourth-order valence-corrected chi connectivity index (χ4v) is 4.06. The molecule has 0 N–H and O–H groups in total. The van der Waals surface area contributed by atoms with Crippen LogP contribution in [0.4, 0.5) is 0 Å². The van der Waals surface area contributed by atoms with Crippen LogP contribution in [0.25, 0.3) is 22.4 Å². The molecule has 1 aliphatic heterocycles. The van der Waals surface area contributed by atoms with Gasteiger partial charge in [0.15, 0.2) is 0 Å². The normalized spacial score (nSPS) is 15.1. The van der Waals surface area contributed by atoms with Crippen molar-refractivity contribution in [3.63, 3.8) is 0 Å². The zero-order chi connectivity index (χ0) is 18.9. The zero-order valence-corrected chi connectivity index (χ0v) is 17.3. The van der Waals surface area contributed by atoms with Gasteiger partial charge < -0.3 is 4.74 Å². The number of fused-ring (bicyclic) bond motifs is 1. The van der Waals surface area contributed by atoms with Gasteiger partial charge in [-0.2, -0.15) is 0 Å². The van der Waals surface area contributed by atoms with E-state index in [1.165, 1.54) is 25.8 Å². The average Bonchev–Trinajstić information content (AvgIpc) is 3.19. The summed E-state index contributed by atoms with van der Waals surface area (Å²) in [5, 5.41) is 0. The number of nitrogens with zero attached hydrogens (tertiary/aromatic N) is 1. The van der Waals surface area contributed by atoms with Crippen LogP contribution in [0.15, 0.2) is 91.0 Å². The SMILES string of the molecule is Ic1ccc(C2Cc3c(-c4ccccc4)cc(-c4ccccc4)nc3O2)cc1. The summed E-state index contributed by atoms with van der Waals surface area (Å²) < 4.78 is 7.57. The summed E-state index contributed by atoms with van der Waals surface area (Å²) in [5.74, 6) is 0.753. The molecule has 0 radical (unpaired) electrons. The second-order valence-corrected chi connectivity index (χ2v) is 8.18. The van der Waals surface area contributed by atoms with Crippen molar-refractivity contribution < 1.29 is 4.74 Å². The van der Waals surface area contributed by atoms with Crippen molar-refractivity contribution in [3.05, 3.63) is 106 Å². The molecular formula is C25H18INO. The predicted molar refractivity (Wildman–Crippen MR) is 121 cm³/mol. The van der Waals surface area contributed by atoms with Crippen molar-refractivity contribution in [2.45, 2.75) is 12.5 Å². The average molecular weight is 475 g/mol. The predicted octanol–water partition coefficient (Wildman–Crippen LogP) is 6.70. The minimum absolute atomic E-state index is 0.00739. The third-order valence-corrected chi connectivity index (χ3v) is 5.85. The number of aromatic nitrogens is 1. The van der Waals surface area contributed by atoms with Crippen LogP contribution >= 0.6 is 22.6 Å². The molecule has 1 aliphatic rings. The smallest absolute Gasteiger partial charge is 0.218 e. The highest BCUT2D eigenvalue weighted by molar-refractivity contribution is 14.1. The Balaban J connectivity index is 1.62. The summed E-state index contributed by atoms with van der Waals surface area (Å²) in [5.41, 5.74) is 6.83. The number of benzene rings is 3. The molecule has 2 heterocycles. The third-order valence-electron chi connectivity index (χ3n) is 5.13. The summed E-state index contributed by atoms with van der Waals surface area (Å²) in [6.45, 7) is 0. The third kappa shape index (κ3) is 3.31. The maximum absolute atomic E-state index is 6.34. The summed E-state index contributed by atoms with van der Waals surface area (Å²) in [4.78, 5) is 4.88. The van der Waals surface area contributed by atoms with E-state index in [1.54, 1.807) is 0 Å². The van der Waals surface area contributed by atoms with Gasteiger partial charge in [0.2, 0.25) is 5.88 Å². The minimum Gasteiger partial charge on any atom is -0.469 e. The van der Waals surface area contributed by atoms with E-state index in [2.05, 4.69) is 89.3 Å². The van der Waals surface area contributed by atoms with Gasteiger partial charge in [0.25, 0.3) is 0 Å². The van der Waals surface area contributed by atoms with E-state index < -0.39 is 0 Å². The Labute approximate surface area is 178 Å². The van der Waals surface area contributed by atoms with Gasteiger partial charge in [-0.05, 0) is 57.5 Å². The number of halogens is 1. The molecule has 1 unspecified atom stereocenters. The lowest BCUT2D eigenvalue weighted by atomic mass is 9.95. The van der Waals surface area contributed by atoms with Crippen molar-refractivity contribution in [1.82, 2.24) is 4.98 Å². The highest BCUT2D eigenvalue weighted by atomic mass is 127. The molecular weight excluding hydrogens is 457 g/mol. The van der Waals surface area contributed by atoms with Crippen molar-refractivity contribution in [3.8, 4) is 28.3 Å². The van der Waals surface area contributed by atoms with Gasteiger partial charge in [0.1, 0.15) is 6.10 Å². The number of rotatable bonds is 3. The Morgan fingerprint density at radius 3 is 2.11 bits per heavy atom. The molecule has 0 bridgehead atoms. The highest BCUT2D eigenvalue weighted by Gasteiger charge is 2.29. The van der Waals surface area contributed by atoms with Gasteiger partial charge in [-0.25, -0.2) is 4.98 Å². The van der Waals surface area contributed by atoms with Gasteiger partial charge in [-0.1, -0.05) is 72.8 Å². The first kappa shape index (κ1) is 17.4. The van der Waals surface area contributed by atoms with Crippen LogP contribution in [0, 0.1) is 3.57 Å². The monoisotopic (exact) mass is 475 g/mol. The quantitative estimate of drug-likeness (QED) is 0.308. The lowest BCUT2D eigenvalue weighted by Crippen LogP contribution is -2.03. The second-order valence-electron chi connectivity index (χ2n) is 6.93. The molecule has 0 spiro atoms. The molecule has 4 aromatic rings. The van der Waals surface area contributed by atoms with E-state index in [-0.39, 0.29) is 6.10 Å². The van der Waals surface area contributed by atoms with E-state index in [0.717, 1.165) is 23.6 Å². The van der Waals surface area contributed by atoms with Crippen LogP contribution < -0.4 is 4.74 Å². The molecule has 0 fully saturated rings. The molecule has 136 valence electrons. The van der Waals surface area contributed by atoms with Crippen LogP contribution in [0.2, 0.25) is 0 Å². The van der Waals surface area contributed by atoms with E-state index in [1.807, 2.05) is 24.3 Å². The second kappa shape index (κ2) is 7.40. The van der Waals surface area contributed by atoms with Crippen LogP contribution in [-0.4, -0.2) is 4.98 Å². The number of ether oxygens (including phenoxy) is 1. The fraction of sp³-hybridized carbons (Fsp3) is 0.0800. The number of hydrogen-bond donors (Lipinski definition) is 0. The van der Waals surface area contributed by atoms with Crippen LogP contribution in [0.3, 0.4) is 0 Å². The number of pyridine rings is 1. The Morgan fingerprint density at radius 1 is 0.786 bits per heavy atom. The molecule has 3 heteroatoms. The molecule has 2 nitrogen and oxygen atoms in total. The minimum atomic E-state index is 0.00739. The van der Waals surface area contributed by atoms with Crippen molar-refractivity contribution in [2.24, 2.45) is 0 Å². The molecule has 0 amide bonds. The standard InChI is InChI=1S/C25H18INO/c26-20-13-11-19(12-14-20)24-16-22-21(17-7-3-1-4-8-17)15-23(27-25(22)28-24)18-9-5-2-6-10-18/h1-15,24H,16H2. The summed E-state index contributed by atoms with van der Waals surface area (Å²) in [6.07, 6.45) is 0.843. The first-order valence-electron chi connectivity index (χ1n) is 9.35. The molecule has 0 saturated heterocycles. The van der Waals surface area contributed by atoms with Gasteiger partial charge in [0, 0.05) is 21.1 Å². The highest BCUT2D eigenvalue weighted by Crippen LogP contribution is 2.42. The van der Waals surface area contributed by atoms with E-state index in [9.17, 15) is 0 Å². The zero-order valence-electron chi connectivity index (χ0n) is 15.2. The Morgan fingerprint density at radius 2 is 1.43 bits per heavy atom. The topological polar surface area (TPSA) is 22.1 Å². The molecule has 1 aromatic heterocycles. The molecule has 0 saturated carbocycles. The Kier molecular flexibility index (Phi) is 4.61. The number of hydrogen-bond acceptors (Lipinski definition) is 2. The molecule has 5 rings (SSSR count). The fourth-order valence-electron chi connectivity index (χ4n) is 3.70. The lowest BCUT2D eigenvalue weighted by molar-refractivity contribution is 0.231. The van der Waals surface area contributed by atoms with Crippen molar-refractivity contribution in [2.75, 3.05) is 0 Å². The van der Waals surface area contributed by atoms with Gasteiger partial charge in [-0.15, -0.1) is 0 Å².